The number of nitrogens with one attached hydrogen (secondary N) is 2. The lowest BCUT2D eigenvalue weighted by Gasteiger charge is -2.26. The summed E-state index contributed by atoms with van der Waals surface area (Å²) in [5.74, 6) is -3.52. The minimum Gasteiger partial charge on any atom is -0.475 e. The van der Waals surface area contributed by atoms with E-state index in [0.717, 1.165) is 49.7 Å². The van der Waals surface area contributed by atoms with Crippen molar-refractivity contribution in [2.75, 3.05) is 36.9 Å². The second-order valence-corrected chi connectivity index (χ2v) is 9.21. The first-order valence-corrected chi connectivity index (χ1v) is 12.5. The smallest absolute Gasteiger partial charge is 0.475 e. The summed E-state index contributed by atoms with van der Waals surface area (Å²) in [5, 5.41) is 13.5. The number of fused-ring (bicyclic) bond motifs is 1. The molecule has 2 aliphatic heterocycles. The number of carbonyl (C=O) groups excluding carboxylic acids is 2. The molecule has 9 nitrogen and oxygen atoms in total. The van der Waals surface area contributed by atoms with E-state index in [0.29, 0.717) is 22.5 Å². The van der Waals surface area contributed by atoms with E-state index in [1.807, 2.05) is 42.5 Å². The van der Waals surface area contributed by atoms with E-state index in [1.165, 1.54) is 5.56 Å². The van der Waals surface area contributed by atoms with Gasteiger partial charge in [0.25, 0.3) is 5.91 Å². The Bertz CT molecular complexity index is 1450. The summed E-state index contributed by atoms with van der Waals surface area (Å²) >= 11 is 0. The van der Waals surface area contributed by atoms with Crippen LogP contribution in [0.25, 0.3) is 11.3 Å². The number of alkyl halides is 3. The molecule has 3 aromatic carbocycles. The molecular weight excluding hydrogens is 541 g/mol. The second-order valence-electron chi connectivity index (χ2n) is 9.21. The molecule has 3 aromatic rings. The number of rotatable bonds is 6. The molecule has 214 valence electrons. The molecule has 0 spiro atoms. The number of carboxylic acid groups (broad SMARTS) is 1. The number of benzene rings is 3. The average molecular weight is 569 g/mol. The lowest BCUT2D eigenvalue weighted by atomic mass is 9.99. The number of hydrogen-bond donors (Lipinski definition) is 4. The molecule has 1 fully saturated rings. The van der Waals surface area contributed by atoms with Gasteiger partial charge < -0.3 is 26.2 Å². The van der Waals surface area contributed by atoms with Gasteiger partial charge in [-0.15, -0.1) is 0 Å². The number of ether oxygens (including phenoxy) is 1. The fourth-order valence-corrected chi connectivity index (χ4v) is 4.31. The molecular formula is C29H27F3N4O5. The van der Waals surface area contributed by atoms with Crippen LogP contribution in [0.4, 0.5) is 24.5 Å². The van der Waals surface area contributed by atoms with Crippen molar-refractivity contribution in [2.45, 2.75) is 12.7 Å². The maximum absolute atomic E-state index is 13.1. The fraction of sp³-hybridized carbons (Fsp3) is 0.207. The molecule has 0 aromatic heterocycles. The van der Waals surface area contributed by atoms with E-state index in [2.05, 4.69) is 27.7 Å². The highest BCUT2D eigenvalue weighted by atomic mass is 19.4. The quantitative estimate of drug-likeness (QED) is 0.328. The number of carbonyl (C=O) groups is 3. The first-order valence-electron chi connectivity index (χ1n) is 12.5. The van der Waals surface area contributed by atoms with Crippen molar-refractivity contribution in [2.24, 2.45) is 5.73 Å². The number of amides is 2. The van der Waals surface area contributed by atoms with Gasteiger partial charge in [-0.3, -0.25) is 14.5 Å². The van der Waals surface area contributed by atoms with Gasteiger partial charge in [-0.25, -0.2) is 4.79 Å². The van der Waals surface area contributed by atoms with E-state index in [1.54, 1.807) is 18.2 Å². The number of morpholine rings is 1. The summed E-state index contributed by atoms with van der Waals surface area (Å²) in [6, 6.07) is 23.0. The third-order valence-corrected chi connectivity index (χ3v) is 6.34. The third-order valence-electron chi connectivity index (χ3n) is 6.34. The van der Waals surface area contributed by atoms with Gasteiger partial charge in [-0.2, -0.15) is 13.2 Å². The standard InChI is InChI=1S/C27H26N4O3.C2HF3O2/c28-26(32)20-8-11-22-23(16-20)30-27(33)24(22)25(19-4-2-1-3-5-19)29-21-9-6-18(7-10-21)17-31-12-14-34-15-13-31;3-2(4,5)1(6)7/h1-11,16,29H,12-15,17H2,(H2,28,32)(H,30,33);(H,6,7)/b25-24-;. The zero-order valence-corrected chi connectivity index (χ0v) is 21.7. The Balaban J connectivity index is 0.000000493. The largest absolute Gasteiger partial charge is 0.490 e. The van der Waals surface area contributed by atoms with Gasteiger partial charge in [0.15, 0.2) is 0 Å². The van der Waals surface area contributed by atoms with E-state index in [4.69, 9.17) is 20.4 Å². The van der Waals surface area contributed by atoms with Crippen molar-refractivity contribution in [3.63, 3.8) is 0 Å². The van der Waals surface area contributed by atoms with Crippen LogP contribution in [0.1, 0.15) is 27.0 Å². The number of nitrogens with two attached hydrogens (primary N) is 1. The van der Waals surface area contributed by atoms with Crippen LogP contribution in [-0.2, 0) is 20.9 Å². The number of primary amides is 1. The molecule has 5 rings (SSSR count). The second kappa shape index (κ2) is 12.7. The zero-order chi connectivity index (χ0) is 29.6. The Morgan fingerprint density at radius 1 is 0.976 bits per heavy atom. The van der Waals surface area contributed by atoms with Gasteiger partial charge in [0.1, 0.15) is 0 Å². The molecule has 2 aliphatic rings. The number of anilines is 2. The third kappa shape index (κ3) is 7.50. The molecule has 12 heteroatoms. The minimum atomic E-state index is -5.08. The molecule has 41 heavy (non-hydrogen) atoms. The van der Waals surface area contributed by atoms with Gasteiger partial charge in [0.05, 0.1) is 24.5 Å². The zero-order valence-electron chi connectivity index (χ0n) is 21.7. The fourth-order valence-electron chi connectivity index (χ4n) is 4.31. The minimum absolute atomic E-state index is 0.230. The summed E-state index contributed by atoms with van der Waals surface area (Å²) in [5.41, 5.74) is 11.3. The van der Waals surface area contributed by atoms with Crippen molar-refractivity contribution in [1.29, 1.82) is 0 Å². The maximum atomic E-state index is 13.1. The topological polar surface area (TPSA) is 134 Å². The van der Waals surface area contributed by atoms with Crippen LogP contribution in [0.3, 0.4) is 0 Å². The van der Waals surface area contributed by atoms with Gasteiger partial charge in [0.2, 0.25) is 5.91 Å². The van der Waals surface area contributed by atoms with Crippen LogP contribution in [0.5, 0.6) is 0 Å². The Hall–Kier alpha value is -4.68. The molecule has 0 radical (unpaired) electrons. The Morgan fingerprint density at radius 2 is 1.61 bits per heavy atom. The summed E-state index contributed by atoms with van der Waals surface area (Å²) in [6.45, 7) is 4.32. The summed E-state index contributed by atoms with van der Waals surface area (Å²) in [4.78, 5) is 35.9. The number of carboxylic acids is 1. The predicted octanol–water partition coefficient (Wildman–Crippen LogP) is 4.18. The van der Waals surface area contributed by atoms with Crippen LogP contribution in [-0.4, -0.2) is 60.3 Å². The van der Waals surface area contributed by atoms with E-state index in [9.17, 15) is 22.8 Å². The highest BCUT2D eigenvalue weighted by Crippen LogP contribution is 2.38. The summed E-state index contributed by atoms with van der Waals surface area (Å²) < 4.78 is 37.2. The van der Waals surface area contributed by atoms with Crippen LogP contribution in [0.2, 0.25) is 0 Å². The van der Waals surface area contributed by atoms with Crippen molar-refractivity contribution in [3.05, 3.63) is 95.1 Å². The van der Waals surface area contributed by atoms with E-state index >= 15 is 0 Å². The normalized spacial score (nSPS) is 16.1. The molecule has 1 saturated heterocycles. The first-order chi connectivity index (χ1) is 19.5. The van der Waals surface area contributed by atoms with Crippen LogP contribution < -0.4 is 16.4 Å². The Morgan fingerprint density at radius 3 is 2.20 bits per heavy atom. The molecule has 2 heterocycles. The van der Waals surface area contributed by atoms with Crippen LogP contribution >= 0.6 is 0 Å². The van der Waals surface area contributed by atoms with Crippen molar-refractivity contribution in [1.82, 2.24) is 4.90 Å². The van der Waals surface area contributed by atoms with Crippen molar-refractivity contribution < 1.29 is 37.4 Å². The molecule has 0 aliphatic carbocycles. The summed E-state index contributed by atoms with van der Waals surface area (Å²) in [7, 11) is 0. The molecule has 0 unspecified atom stereocenters. The summed E-state index contributed by atoms with van der Waals surface area (Å²) in [6.07, 6.45) is -5.08. The first kappa shape index (κ1) is 29.3. The lowest BCUT2D eigenvalue weighted by Crippen LogP contribution is -2.35. The molecule has 0 atom stereocenters. The molecule has 2 amide bonds. The average Bonchev–Trinajstić information content (AvgIpc) is 3.28. The van der Waals surface area contributed by atoms with Crippen LogP contribution in [0.15, 0.2) is 72.8 Å². The van der Waals surface area contributed by atoms with E-state index in [-0.39, 0.29) is 5.91 Å². The van der Waals surface area contributed by atoms with Gasteiger partial charge in [-0.05, 0) is 35.4 Å². The van der Waals surface area contributed by atoms with Crippen LogP contribution in [0, 0.1) is 0 Å². The Labute approximate surface area is 233 Å². The van der Waals surface area contributed by atoms with Gasteiger partial charge >= 0.3 is 12.1 Å². The van der Waals surface area contributed by atoms with Crippen molar-refractivity contribution >= 4 is 40.4 Å². The predicted molar refractivity (Wildman–Crippen MR) is 147 cm³/mol. The molecule has 5 N–H and O–H groups in total. The van der Waals surface area contributed by atoms with Crippen molar-refractivity contribution in [3.8, 4) is 0 Å². The Kier molecular flexibility index (Phi) is 9.05. The molecule has 0 saturated carbocycles. The maximum Gasteiger partial charge on any atom is 0.490 e. The highest BCUT2D eigenvalue weighted by Gasteiger charge is 2.38. The number of aliphatic carboxylic acids is 1. The highest BCUT2D eigenvalue weighted by molar-refractivity contribution is 6.37. The van der Waals surface area contributed by atoms with Gasteiger partial charge in [-0.1, -0.05) is 48.5 Å². The van der Waals surface area contributed by atoms with E-state index < -0.39 is 18.1 Å². The molecule has 0 bridgehead atoms. The number of halogens is 3. The SMILES string of the molecule is NC(=O)c1ccc2c(c1)NC(=O)/C2=C(\Nc1ccc(CN2CCOCC2)cc1)c1ccccc1.O=C(O)C(F)(F)F. The monoisotopic (exact) mass is 568 g/mol. The number of nitrogens with zero attached hydrogens (tertiary/aromatic N) is 1. The lowest BCUT2D eigenvalue weighted by molar-refractivity contribution is -0.192. The number of hydrogen-bond acceptors (Lipinski definition) is 6. The van der Waals surface area contributed by atoms with Gasteiger partial charge in [0, 0.05) is 42.1 Å².